The third kappa shape index (κ3) is 3.35. The van der Waals surface area contributed by atoms with E-state index >= 15 is 0 Å². The highest BCUT2D eigenvalue weighted by Gasteiger charge is 2.16. The van der Waals surface area contributed by atoms with Crippen molar-refractivity contribution in [2.75, 3.05) is 0 Å². The van der Waals surface area contributed by atoms with Crippen molar-refractivity contribution in [3.8, 4) is 5.69 Å². The molecule has 5 nitrogen and oxygen atoms in total. The number of nitrogens with zero attached hydrogens (tertiary/aromatic N) is 1. The van der Waals surface area contributed by atoms with E-state index in [1.54, 1.807) is 18.2 Å². The molecule has 3 rings (SSSR count). The van der Waals surface area contributed by atoms with Crippen molar-refractivity contribution in [3.63, 3.8) is 0 Å². The van der Waals surface area contributed by atoms with E-state index in [9.17, 15) is 9.59 Å². The number of amides is 2. The van der Waals surface area contributed by atoms with E-state index in [-0.39, 0.29) is 11.8 Å². The number of halogens is 1. The number of benzene rings is 1. The fraction of sp³-hybridized carbons (Fsp3) is 0. The van der Waals surface area contributed by atoms with Crippen LogP contribution in [-0.2, 0) is 0 Å². The van der Waals surface area contributed by atoms with Gasteiger partial charge in [-0.05, 0) is 51.6 Å². The Morgan fingerprint density at radius 2 is 1.65 bits per heavy atom. The Morgan fingerprint density at radius 1 is 0.957 bits per heavy atom. The second-order valence-electron chi connectivity index (χ2n) is 4.61. The highest BCUT2D eigenvalue weighted by molar-refractivity contribution is 9.10. The molecule has 2 aromatic heterocycles. The van der Waals surface area contributed by atoms with Gasteiger partial charge in [-0.1, -0.05) is 12.1 Å². The summed E-state index contributed by atoms with van der Waals surface area (Å²) in [6.07, 6.45) is 3.72. The van der Waals surface area contributed by atoms with E-state index in [4.69, 9.17) is 0 Å². The first kappa shape index (κ1) is 15.5. The number of rotatable bonds is 3. The smallest absolute Gasteiger partial charge is 0.281 e. The zero-order valence-electron chi connectivity index (χ0n) is 11.8. The minimum atomic E-state index is -0.384. The Balaban J connectivity index is 1.70. The van der Waals surface area contributed by atoms with Crippen molar-refractivity contribution in [1.29, 1.82) is 0 Å². The van der Waals surface area contributed by atoms with Crippen LogP contribution in [0.25, 0.3) is 5.69 Å². The monoisotopic (exact) mass is 389 g/mol. The van der Waals surface area contributed by atoms with Gasteiger partial charge in [0.2, 0.25) is 0 Å². The average molecular weight is 390 g/mol. The summed E-state index contributed by atoms with van der Waals surface area (Å²) in [5.74, 6) is -0.742. The number of nitrogens with one attached hydrogen (secondary N) is 2. The van der Waals surface area contributed by atoms with Crippen molar-refractivity contribution >= 4 is 39.1 Å². The molecule has 0 aliphatic rings. The highest BCUT2D eigenvalue weighted by atomic mass is 79.9. The van der Waals surface area contributed by atoms with Crippen LogP contribution >= 0.6 is 27.3 Å². The lowest BCUT2D eigenvalue weighted by atomic mass is 10.2. The van der Waals surface area contributed by atoms with E-state index in [1.165, 1.54) is 11.3 Å². The number of thiophene rings is 1. The molecule has 0 saturated carbocycles. The van der Waals surface area contributed by atoms with Gasteiger partial charge < -0.3 is 4.57 Å². The topological polar surface area (TPSA) is 63.1 Å². The standard InChI is InChI=1S/C16H12BrN3O2S/c17-12-6-2-1-5-11(12)15(21)18-19-16(22)14-13(7-10-23-14)20-8-3-4-9-20/h1-10H,(H,18,21)(H,19,22). The van der Waals surface area contributed by atoms with E-state index in [0.29, 0.717) is 14.9 Å². The van der Waals surface area contributed by atoms with Crippen molar-refractivity contribution in [1.82, 2.24) is 15.4 Å². The number of hydrazine groups is 1. The van der Waals surface area contributed by atoms with Crippen LogP contribution in [0.2, 0.25) is 0 Å². The first-order valence-corrected chi connectivity index (χ1v) is 8.40. The summed E-state index contributed by atoms with van der Waals surface area (Å²) in [7, 11) is 0. The predicted molar refractivity (Wildman–Crippen MR) is 92.7 cm³/mol. The second kappa shape index (κ2) is 6.80. The zero-order chi connectivity index (χ0) is 16.2. The minimum absolute atomic E-state index is 0.357. The van der Waals surface area contributed by atoms with E-state index < -0.39 is 0 Å². The molecule has 7 heteroatoms. The van der Waals surface area contributed by atoms with E-state index in [0.717, 1.165) is 5.69 Å². The van der Waals surface area contributed by atoms with Crippen LogP contribution in [0.3, 0.4) is 0 Å². The largest absolute Gasteiger partial charge is 0.322 e. The number of aromatic nitrogens is 1. The third-order valence-corrected chi connectivity index (χ3v) is 4.74. The second-order valence-corrected chi connectivity index (χ2v) is 6.38. The lowest BCUT2D eigenvalue weighted by Gasteiger charge is -2.09. The van der Waals surface area contributed by atoms with Crippen LogP contribution in [0.5, 0.6) is 0 Å². The first-order chi connectivity index (χ1) is 11.2. The Kier molecular flexibility index (Phi) is 4.59. The van der Waals surface area contributed by atoms with Crippen LogP contribution in [0, 0.1) is 0 Å². The van der Waals surface area contributed by atoms with E-state index in [1.807, 2.05) is 46.6 Å². The molecule has 3 aromatic rings. The molecule has 2 heterocycles. The molecule has 0 bridgehead atoms. The molecule has 2 amide bonds. The maximum absolute atomic E-state index is 12.3. The van der Waals surface area contributed by atoms with Crippen molar-refractivity contribution < 1.29 is 9.59 Å². The van der Waals surface area contributed by atoms with Crippen LogP contribution < -0.4 is 10.9 Å². The van der Waals surface area contributed by atoms with Gasteiger partial charge in [0.1, 0.15) is 4.88 Å². The molecule has 0 aliphatic carbocycles. The summed E-state index contributed by atoms with van der Waals surface area (Å²) >= 11 is 4.62. The molecule has 0 atom stereocenters. The Hall–Kier alpha value is -2.38. The molecule has 1 aromatic carbocycles. The number of carbonyl (C=O) groups is 2. The third-order valence-electron chi connectivity index (χ3n) is 3.14. The molecule has 0 fully saturated rings. The highest BCUT2D eigenvalue weighted by Crippen LogP contribution is 2.21. The Morgan fingerprint density at radius 3 is 2.39 bits per heavy atom. The number of hydrogen-bond donors (Lipinski definition) is 2. The Bertz CT molecular complexity index is 843. The summed E-state index contributed by atoms with van der Waals surface area (Å²) in [6.45, 7) is 0. The molecule has 0 saturated heterocycles. The van der Waals surface area contributed by atoms with Crippen molar-refractivity contribution in [2.45, 2.75) is 0 Å². The lowest BCUT2D eigenvalue weighted by molar-refractivity contribution is 0.0848. The molecule has 0 radical (unpaired) electrons. The molecule has 0 aliphatic heterocycles. The fourth-order valence-electron chi connectivity index (χ4n) is 2.05. The predicted octanol–water partition coefficient (Wildman–Crippen LogP) is 3.38. The fourth-order valence-corrected chi connectivity index (χ4v) is 3.30. The van der Waals surface area contributed by atoms with Crippen molar-refractivity contribution in [3.05, 3.63) is 75.2 Å². The first-order valence-electron chi connectivity index (χ1n) is 6.73. The van der Waals surface area contributed by atoms with Gasteiger partial charge >= 0.3 is 0 Å². The van der Waals surface area contributed by atoms with Gasteiger partial charge in [-0.25, -0.2) is 0 Å². The Labute approximate surface area is 145 Å². The summed E-state index contributed by atoms with van der Waals surface area (Å²) in [5.41, 5.74) is 6.10. The molecule has 116 valence electrons. The van der Waals surface area contributed by atoms with Crippen LogP contribution in [0.1, 0.15) is 20.0 Å². The molecule has 23 heavy (non-hydrogen) atoms. The number of hydrogen-bond acceptors (Lipinski definition) is 3. The van der Waals surface area contributed by atoms with Crippen LogP contribution in [0.15, 0.2) is 64.7 Å². The zero-order valence-corrected chi connectivity index (χ0v) is 14.2. The lowest BCUT2D eigenvalue weighted by Crippen LogP contribution is -2.41. The molecular weight excluding hydrogens is 378 g/mol. The van der Waals surface area contributed by atoms with Gasteiger partial charge in [0.15, 0.2) is 0 Å². The van der Waals surface area contributed by atoms with Gasteiger partial charge in [-0.2, -0.15) is 0 Å². The SMILES string of the molecule is O=C(NNC(=O)c1sccc1-n1cccc1)c1ccccc1Br. The normalized spacial score (nSPS) is 10.3. The van der Waals surface area contributed by atoms with Gasteiger partial charge in [-0.15, -0.1) is 11.3 Å². The molecular formula is C16H12BrN3O2S. The molecule has 2 N–H and O–H groups in total. The summed E-state index contributed by atoms with van der Waals surface area (Å²) in [5, 5.41) is 1.83. The van der Waals surface area contributed by atoms with Crippen LogP contribution in [0.4, 0.5) is 0 Å². The quantitative estimate of drug-likeness (QED) is 0.674. The van der Waals surface area contributed by atoms with Gasteiger partial charge in [0.25, 0.3) is 11.8 Å². The molecule has 0 spiro atoms. The summed E-state index contributed by atoms with van der Waals surface area (Å²) in [4.78, 5) is 24.9. The maximum atomic E-state index is 12.3. The summed E-state index contributed by atoms with van der Waals surface area (Å²) in [6, 6.07) is 12.6. The van der Waals surface area contributed by atoms with Gasteiger partial charge in [0.05, 0.1) is 11.3 Å². The van der Waals surface area contributed by atoms with Gasteiger partial charge in [-0.3, -0.25) is 20.4 Å². The summed E-state index contributed by atoms with van der Waals surface area (Å²) < 4.78 is 2.51. The van der Waals surface area contributed by atoms with Gasteiger partial charge in [0, 0.05) is 16.9 Å². The minimum Gasteiger partial charge on any atom is -0.322 e. The maximum Gasteiger partial charge on any atom is 0.281 e. The van der Waals surface area contributed by atoms with E-state index in [2.05, 4.69) is 26.8 Å². The average Bonchev–Trinajstić information content (AvgIpc) is 3.23. The van der Waals surface area contributed by atoms with Crippen molar-refractivity contribution in [2.24, 2.45) is 0 Å². The molecule has 0 unspecified atom stereocenters. The van der Waals surface area contributed by atoms with Crippen LogP contribution in [-0.4, -0.2) is 16.4 Å². The number of carbonyl (C=O) groups excluding carboxylic acids is 2.